The molecule has 10 heteroatoms. The Balaban J connectivity index is 1.72. The lowest BCUT2D eigenvalue weighted by atomic mass is 9.98. The van der Waals surface area contributed by atoms with Crippen molar-refractivity contribution < 1.29 is 50.0 Å². The van der Waals surface area contributed by atoms with Crippen molar-refractivity contribution in [3.8, 4) is 23.0 Å². The maximum Gasteiger partial charge on any atom is 0.228 e. The molecule has 1 saturated heterocycles. The van der Waals surface area contributed by atoms with Gasteiger partial charge < -0.3 is 50.0 Å². The zero-order chi connectivity index (χ0) is 22.3. The molecule has 0 saturated carbocycles. The minimum atomic E-state index is -1.64. The van der Waals surface area contributed by atoms with E-state index in [0.29, 0.717) is 5.56 Å². The van der Waals surface area contributed by atoms with Crippen molar-refractivity contribution in [2.75, 3.05) is 6.61 Å². The fraction of sp³-hybridized carbons (Fsp3) is 0.333. The van der Waals surface area contributed by atoms with Crippen LogP contribution in [0.1, 0.15) is 17.2 Å². The van der Waals surface area contributed by atoms with Crippen LogP contribution >= 0.6 is 0 Å². The van der Waals surface area contributed by atoms with Gasteiger partial charge in [0.2, 0.25) is 6.29 Å². The van der Waals surface area contributed by atoms with E-state index in [1.807, 2.05) is 0 Å². The maximum absolute atomic E-state index is 10.3. The van der Waals surface area contributed by atoms with Gasteiger partial charge in [0, 0.05) is 17.7 Å². The van der Waals surface area contributed by atoms with E-state index in [1.165, 1.54) is 24.3 Å². The van der Waals surface area contributed by atoms with Crippen molar-refractivity contribution in [2.45, 2.75) is 36.8 Å². The number of ether oxygens (including phenoxy) is 3. The van der Waals surface area contributed by atoms with Crippen LogP contribution in [0.3, 0.4) is 0 Å². The Morgan fingerprint density at radius 3 is 2.26 bits per heavy atom. The predicted molar refractivity (Wildman–Crippen MR) is 104 cm³/mol. The van der Waals surface area contributed by atoms with Gasteiger partial charge in [0.15, 0.2) is 6.10 Å². The minimum absolute atomic E-state index is 0.0237. The molecule has 4 rings (SSSR count). The second kappa shape index (κ2) is 8.25. The molecule has 6 atom stereocenters. The summed E-state index contributed by atoms with van der Waals surface area (Å²) in [5.41, 5.74) is 0.731. The summed E-state index contributed by atoms with van der Waals surface area (Å²) in [5, 5.41) is 69.2. The van der Waals surface area contributed by atoms with Crippen LogP contribution < -0.4 is 4.74 Å². The minimum Gasteiger partial charge on any atom is -0.508 e. The van der Waals surface area contributed by atoms with Crippen molar-refractivity contribution in [3.63, 3.8) is 0 Å². The summed E-state index contributed by atoms with van der Waals surface area (Å²) in [6.07, 6.45) is -6.96. The van der Waals surface area contributed by atoms with E-state index in [0.717, 1.165) is 6.07 Å². The average molecular weight is 434 g/mol. The average Bonchev–Trinajstić information content (AvgIpc) is 2.74. The summed E-state index contributed by atoms with van der Waals surface area (Å²) in [6, 6.07) is 8.42. The number of rotatable bonds is 4. The molecule has 0 aliphatic carbocycles. The molecule has 2 aromatic carbocycles. The third-order valence-corrected chi connectivity index (χ3v) is 5.19. The highest BCUT2D eigenvalue weighted by Gasteiger charge is 2.45. The summed E-state index contributed by atoms with van der Waals surface area (Å²) >= 11 is 0. The third kappa shape index (κ3) is 3.99. The monoisotopic (exact) mass is 434 g/mol. The van der Waals surface area contributed by atoms with Gasteiger partial charge in [-0.2, -0.15) is 0 Å². The van der Waals surface area contributed by atoms with Gasteiger partial charge in [0.1, 0.15) is 53.2 Å². The molecular formula is C21H22O10. The van der Waals surface area contributed by atoms with E-state index >= 15 is 0 Å². The van der Waals surface area contributed by atoms with E-state index in [9.17, 15) is 35.7 Å². The number of aliphatic hydroxyl groups is 4. The molecule has 0 aromatic heterocycles. The smallest absolute Gasteiger partial charge is 0.228 e. The van der Waals surface area contributed by atoms with Crippen LogP contribution in [0.25, 0.3) is 6.08 Å². The van der Waals surface area contributed by atoms with Crippen LogP contribution in [0.2, 0.25) is 0 Å². The van der Waals surface area contributed by atoms with Gasteiger partial charge in [-0.3, -0.25) is 0 Å². The summed E-state index contributed by atoms with van der Waals surface area (Å²) in [6.45, 7) is -0.620. The van der Waals surface area contributed by atoms with Gasteiger partial charge in [-0.15, -0.1) is 0 Å². The third-order valence-electron chi connectivity index (χ3n) is 5.19. The normalized spacial score (nSPS) is 30.1. The highest BCUT2D eigenvalue weighted by Crippen LogP contribution is 2.44. The quantitative estimate of drug-likeness (QED) is 0.350. The molecule has 2 aliphatic heterocycles. The number of aromatic hydroxyl groups is 3. The van der Waals surface area contributed by atoms with Crippen LogP contribution in [0.15, 0.2) is 42.2 Å². The zero-order valence-corrected chi connectivity index (χ0v) is 16.1. The van der Waals surface area contributed by atoms with Gasteiger partial charge in [-0.25, -0.2) is 0 Å². The van der Waals surface area contributed by atoms with Gasteiger partial charge >= 0.3 is 0 Å². The van der Waals surface area contributed by atoms with Gasteiger partial charge in [0.05, 0.1) is 12.2 Å². The van der Waals surface area contributed by atoms with Crippen molar-refractivity contribution in [1.82, 2.24) is 0 Å². The highest BCUT2D eigenvalue weighted by atomic mass is 16.7. The fourth-order valence-corrected chi connectivity index (χ4v) is 3.52. The number of fused-ring (bicyclic) bond motifs is 1. The number of phenolic OH excluding ortho intramolecular Hbond substituents is 3. The van der Waals surface area contributed by atoms with E-state index in [-0.39, 0.29) is 34.3 Å². The van der Waals surface area contributed by atoms with E-state index in [4.69, 9.17) is 14.2 Å². The fourth-order valence-electron chi connectivity index (χ4n) is 3.52. The largest absolute Gasteiger partial charge is 0.508 e. The Kier molecular flexibility index (Phi) is 5.65. The lowest BCUT2D eigenvalue weighted by Crippen LogP contribution is -2.59. The lowest BCUT2D eigenvalue weighted by molar-refractivity contribution is -0.293. The van der Waals surface area contributed by atoms with Crippen molar-refractivity contribution in [3.05, 3.63) is 53.3 Å². The van der Waals surface area contributed by atoms with Crippen molar-refractivity contribution in [2.24, 2.45) is 0 Å². The molecule has 0 bridgehead atoms. The number of hydrogen-bond acceptors (Lipinski definition) is 10. The summed E-state index contributed by atoms with van der Waals surface area (Å²) in [4.78, 5) is 0. The Morgan fingerprint density at radius 2 is 1.58 bits per heavy atom. The number of aliphatic hydroxyl groups excluding tert-OH is 4. The first-order chi connectivity index (χ1) is 14.8. The number of benzene rings is 2. The molecule has 2 aliphatic rings. The molecule has 0 amide bonds. The predicted octanol–water partition coefficient (Wildman–Crippen LogP) is 0.0945. The Labute approximate surface area is 176 Å². The molecule has 2 aromatic rings. The Morgan fingerprint density at radius 1 is 0.871 bits per heavy atom. The summed E-state index contributed by atoms with van der Waals surface area (Å²) in [5.74, 6) is -0.239. The van der Waals surface area contributed by atoms with Crippen LogP contribution in [0, 0.1) is 0 Å². The first-order valence-corrected chi connectivity index (χ1v) is 9.49. The number of hydrogen-bond donors (Lipinski definition) is 7. The van der Waals surface area contributed by atoms with Crippen LogP contribution in [-0.2, 0) is 9.47 Å². The molecule has 31 heavy (non-hydrogen) atoms. The second-order valence-corrected chi connectivity index (χ2v) is 7.33. The molecule has 0 spiro atoms. The summed E-state index contributed by atoms with van der Waals surface area (Å²) < 4.78 is 17.1. The number of phenols is 3. The zero-order valence-electron chi connectivity index (χ0n) is 16.1. The molecule has 1 fully saturated rings. The molecule has 0 radical (unpaired) electrons. The Bertz CT molecular complexity index is 971. The SMILES string of the molecule is OC[C@@H]1O[C@@H](OC2=Cc3c(O)cc(O)cc3OC2c2ccc(O)cc2)[C@@H](O)[C@@H](O)[C@H]1O. The summed E-state index contributed by atoms with van der Waals surface area (Å²) in [7, 11) is 0. The molecule has 2 heterocycles. The molecular weight excluding hydrogens is 412 g/mol. The van der Waals surface area contributed by atoms with E-state index < -0.39 is 43.4 Å². The van der Waals surface area contributed by atoms with E-state index in [1.54, 1.807) is 12.1 Å². The molecule has 1 unspecified atom stereocenters. The highest BCUT2D eigenvalue weighted by molar-refractivity contribution is 5.69. The lowest BCUT2D eigenvalue weighted by Gasteiger charge is -2.41. The maximum atomic E-state index is 10.3. The first-order valence-electron chi connectivity index (χ1n) is 9.49. The standard InChI is InChI=1S/C21H22O10/c22-8-16-17(26)18(27)19(28)21(31-16)30-15-7-12-13(25)5-11(24)6-14(12)29-20(15)9-1-3-10(23)4-2-9/h1-7,16-28H,8H2/t16-,17-,18-,19-,20?,21+/m0/s1. The van der Waals surface area contributed by atoms with Crippen molar-refractivity contribution in [1.29, 1.82) is 0 Å². The second-order valence-electron chi connectivity index (χ2n) is 7.33. The van der Waals surface area contributed by atoms with Crippen molar-refractivity contribution >= 4 is 6.08 Å². The van der Waals surface area contributed by atoms with Crippen LogP contribution in [0.5, 0.6) is 23.0 Å². The molecule has 10 nitrogen and oxygen atoms in total. The van der Waals surface area contributed by atoms with Crippen LogP contribution in [0.4, 0.5) is 0 Å². The van der Waals surface area contributed by atoms with Gasteiger partial charge in [-0.05, 0) is 18.2 Å². The van der Waals surface area contributed by atoms with Crippen LogP contribution in [-0.4, -0.2) is 73.1 Å². The molecule has 7 N–H and O–H groups in total. The Hall–Kier alpha value is -3.02. The topological polar surface area (TPSA) is 169 Å². The van der Waals surface area contributed by atoms with Gasteiger partial charge in [0.25, 0.3) is 0 Å². The molecule has 166 valence electrons. The van der Waals surface area contributed by atoms with Gasteiger partial charge in [-0.1, -0.05) is 12.1 Å². The van der Waals surface area contributed by atoms with E-state index in [2.05, 4.69) is 0 Å². The first kappa shape index (κ1) is 21.2.